The zero-order chi connectivity index (χ0) is 29.4. The number of nitrogens with zero attached hydrogens (tertiary/aromatic N) is 3. The zero-order valence-corrected chi connectivity index (χ0v) is 24.5. The summed E-state index contributed by atoms with van der Waals surface area (Å²) in [5, 5.41) is 10.5. The standard InChI is InChI=1S/C32H41N3O6/c1-31(2,3)41-29(38)34-20-32(21-34,28(36)37)35(18-22-11-9-10-16-33(4)17-22)30(39)40-19-27-25-14-7-5-12-23(25)24-13-6-8-15-26(24)27/h5-8,12-15,22,27H,9-11,16-21H2,1-4H3,(H,36,37). The highest BCUT2D eigenvalue weighted by atomic mass is 16.6. The third-order valence-corrected chi connectivity index (χ3v) is 8.44. The number of benzene rings is 2. The van der Waals surface area contributed by atoms with Gasteiger partial charge >= 0.3 is 18.2 Å². The minimum atomic E-state index is -1.58. The molecule has 2 aromatic rings. The van der Waals surface area contributed by atoms with E-state index in [1.807, 2.05) is 24.3 Å². The molecule has 0 saturated carbocycles. The summed E-state index contributed by atoms with van der Waals surface area (Å²) >= 11 is 0. The van der Waals surface area contributed by atoms with Crippen LogP contribution in [0.4, 0.5) is 9.59 Å². The lowest BCUT2D eigenvalue weighted by Gasteiger charge is -2.52. The van der Waals surface area contributed by atoms with Crippen molar-refractivity contribution in [2.75, 3.05) is 46.4 Å². The SMILES string of the molecule is CN1CCCCC(CN(C(=O)OCC2c3ccccc3-c3ccccc32)C2(C(=O)O)CN(C(=O)OC(C)(C)C)C2)C1. The average Bonchev–Trinajstić information content (AvgIpc) is 3.05. The molecule has 41 heavy (non-hydrogen) atoms. The van der Waals surface area contributed by atoms with E-state index in [4.69, 9.17) is 9.47 Å². The summed E-state index contributed by atoms with van der Waals surface area (Å²) in [4.78, 5) is 44.4. The van der Waals surface area contributed by atoms with Gasteiger partial charge in [0.05, 0.1) is 13.1 Å². The van der Waals surface area contributed by atoms with Gasteiger partial charge in [-0.2, -0.15) is 0 Å². The number of carbonyl (C=O) groups excluding carboxylic acids is 2. The number of aliphatic carboxylic acids is 1. The van der Waals surface area contributed by atoms with Crippen LogP contribution < -0.4 is 0 Å². The highest BCUT2D eigenvalue weighted by molar-refractivity contribution is 5.89. The molecular weight excluding hydrogens is 522 g/mol. The molecule has 0 bridgehead atoms. The van der Waals surface area contributed by atoms with Crippen LogP contribution in [0, 0.1) is 5.92 Å². The van der Waals surface area contributed by atoms with Gasteiger partial charge in [0.2, 0.25) is 0 Å². The summed E-state index contributed by atoms with van der Waals surface area (Å²) in [6, 6.07) is 16.2. The van der Waals surface area contributed by atoms with Gasteiger partial charge in [-0.1, -0.05) is 55.0 Å². The predicted octanol–water partition coefficient (Wildman–Crippen LogP) is 5.04. The van der Waals surface area contributed by atoms with E-state index in [1.54, 1.807) is 20.8 Å². The predicted molar refractivity (Wildman–Crippen MR) is 155 cm³/mol. The molecule has 1 N–H and O–H groups in total. The zero-order valence-electron chi connectivity index (χ0n) is 24.5. The van der Waals surface area contributed by atoms with Gasteiger partial charge in [-0.15, -0.1) is 0 Å². The monoisotopic (exact) mass is 563 g/mol. The Bertz CT molecular complexity index is 1250. The Morgan fingerprint density at radius 1 is 1.00 bits per heavy atom. The van der Waals surface area contributed by atoms with Gasteiger partial charge in [0.1, 0.15) is 12.2 Å². The smallest absolute Gasteiger partial charge is 0.410 e. The maximum atomic E-state index is 13.9. The van der Waals surface area contributed by atoms with E-state index in [9.17, 15) is 19.5 Å². The molecule has 9 nitrogen and oxygen atoms in total. The van der Waals surface area contributed by atoms with Crippen molar-refractivity contribution in [1.29, 1.82) is 0 Å². The Kier molecular flexibility index (Phi) is 8.01. The summed E-state index contributed by atoms with van der Waals surface area (Å²) in [5.74, 6) is -1.19. The Balaban J connectivity index is 1.38. The van der Waals surface area contributed by atoms with Crippen molar-refractivity contribution in [2.24, 2.45) is 5.92 Å². The van der Waals surface area contributed by atoms with E-state index in [1.165, 1.54) is 9.80 Å². The number of carbonyl (C=O) groups is 3. The van der Waals surface area contributed by atoms with Gasteiger partial charge < -0.3 is 24.4 Å². The molecule has 0 spiro atoms. The molecule has 3 aliphatic rings. The number of hydrogen-bond donors (Lipinski definition) is 1. The number of fused-ring (bicyclic) bond motifs is 3. The normalized spacial score (nSPS) is 20.3. The molecule has 0 radical (unpaired) electrons. The number of ether oxygens (including phenoxy) is 2. The molecule has 2 saturated heterocycles. The van der Waals surface area contributed by atoms with Crippen LogP contribution in [0.25, 0.3) is 11.1 Å². The molecule has 2 aliphatic heterocycles. The minimum absolute atomic E-state index is 0.0924. The highest BCUT2D eigenvalue weighted by Gasteiger charge is 2.59. The number of hydrogen-bond acceptors (Lipinski definition) is 6. The molecule has 2 aromatic carbocycles. The van der Waals surface area contributed by atoms with Crippen LogP contribution in [-0.2, 0) is 14.3 Å². The number of amides is 2. The number of carboxylic acid groups (broad SMARTS) is 1. The van der Waals surface area contributed by atoms with Gasteiger partial charge in [-0.25, -0.2) is 14.4 Å². The fourth-order valence-electron chi connectivity index (χ4n) is 6.40. The first-order chi connectivity index (χ1) is 19.5. The molecule has 2 amide bonds. The van der Waals surface area contributed by atoms with Crippen molar-refractivity contribution in [3.05, 3.63) is 59.7 Å². The number of carboxylic acids is 1. The maximum Gasteiger partial charge on any atom is 0.410 e. The molecular formula is C32H41N3O6. The van der Waals surface area contributed by atoms with Crippen molar-refractivity contribution in [3.8, 4) is 11.1 Å². The van der Waals surface area contributed by atoms with Crippen molar-refractivity contribution < 1.29 is 29.0 Å². The van der Waals surface area contributed by atoms with Crippen LogP contribution in [0.15, 0.2) is 48.5 Å². The second-order valence-corrected chi connectivity index (χ2v) is 12.7. The Hall–Kier alpha value is -3.59. The largest absolute Gasteiger partial charge is 0.479 e. The van der Waals surface area contributed by atoms with E-state index < -0.39 is 29.3 Å². The molecule has 2 heterocycles. The second-order valence-electron chi connectivity index (χ2n) is 12.7. The summed E-state index contributed by atoms with van der Waals surface area (Å²) in [6.07, 6.45) is 1.72. The average molecular weight is 564 g/mol. The lowest BCUT2D eigenvalue weighted by atomic mass is 9.86. The Labute approximate surface area is 242 Å². The summed E-state index contributed by atoms with van der Waals surface area (Å²) in [6.45, 7) is 7.07. The number of likely N-dealkylation sites (tertiary alicyclic amines) is 2. The fourth-order valence-corrected chi connectivity index (χ4v) is 6.40. The van der Waals surface area contributed by atoms with Crippen molar-refractivity contribution in [1.82, 2.24) is 14.7 Å². The summed E-state index contributed by atoms with van der Waals surface area (Å²) < 4.78 is 11.5. The quantitative estimate of drug-likeness (QED) is 0.526. The molecule has 2 fully saturated rings. The summed E-state index contributed by atoms with van der Waals surface area (Å²) in [7, 11) is 2.05. The van der Waals surface area contributed by atoms with Crippen molar-refractivity contribution >= 4 is 18.2 Å². The molecule has 0 aromatic heterocycles. The first-order valence-corrected chi connectivity index (χ1v) is 14.5. The van der Waals surface area contributed by atoms with E-state index >= 15 is 0 Å². The van der Waals surface area contributed by atoms with E-state index in [-0.39, 0.29) is 38.1 Å². The topological polar surface area (TPSA) is 99.6 Å². The van der Waals surface area contributed by atoms with Gasteiger partial charge in [0, 0.05) is 19.0 Å². The first-order valence-electron chi connectivity index (χ1n) is 14.5. The minimum Gasteiger partial charge on any atom is -0.479 e. The maximum absolute atomic E-state index is 13.9. The van der Waals surface area contributed by atoms with E-state index in [0.717, 1.165) is 54.6 Å². The van der Waals surface area contributed by atoms with Gasteiger partial charge in [0.15, 0.2) is 5.54 Å². The number of rotatable bonds is 6. The molecule has 5 rings (SSSR count). The van der Waals surface area contributed by atoms with Crippen molar-refractivity contribution in [2.45, 2.75) is 57.1 Å². The second kappa shape index (κ2) is 11.4. The van der Waals surface area contributed by atoms with Gasteiger partial charge in [-0.3, -0.25) is 4.90 Å². The van der Waals surface area contributed by atoms with Crippen LogP contribution in [0.2, 0.25) is 0 Å². The lowest BCUT2D eigenvalue weighted by molar-refractivity contribution is -0.162. The van der Waals surface area contributed by atoms with Crippen LogP contribution >= 0.6 is 0 Å². The molecule has 220 valence electrons. The van der Waals surface area contributed by atoms with Crippen LogP contribution in [0.5, 0.6) is 0 Å². The first kappa shape index (κ1) is 28.9. The van der Waals surface area contributed by atoms with Gasteiger partial charge in [-0.05, 0) is 75.4 Å². The fraction of sp³-hybridized carbons (Fsp3) is 0.531. The highest BCUT2D eigenvalue weighted by Crippen LogP contribution is 2.44. The molecule has 1 aliphatic carbocycles. The molecule has 1 unspecified atom stereocenters. The molecule has 9 heteroatoms. The Morgan fingerprint density at radius 3 is 2.20 bits per heavy atom. The lowest BCUT2D eigenvalue weighted by Crippen LogP contribution is -2.76. The van der Waals surface area contributed by atoms with E-state index in [0.29, 0.717) is 0 Å². The van der Waals surface area contributed by atoms with Crippen molar-refractivity contribution in [3.63, 3.8) is 0 Å². The summed E-state index contributed by atoms with van der Waals surface area (Å²) in [5.41, 5.74) is 2.13. The third kappa shape index (κ3) is 5.91. The molecule has 1 atom stereocenters. The van der Waals surface area contributed by atoms with Gasteiger partial charge in [0.25, 0.3) is 0 Å². The Morgan fingerprint density at radius 2 is 1.61 bits per heavy atom. The third-order valence-electron chi connectivity index (χ3n) is 8.44. The van der Waals surface area contributed by atoms with E-state index in [2.05, 4.69) is 36.2 Å². The van der Waals surface area contributed by atoms with Crippen LogP contribution in [0.1, 0.15) is 57.1 Å². The van der Waals surface area contributed by atoms with Crippen LogP contribution in [0.3, 0.4) is 0 Å². The van der Waals surface area contributed by atoms with Crippen LogP contribution in [-0.4, -0.2) is 95.5 Å².